The molecule has 3 nitrogen and oxygen atoms in total. The van der Waals surface area contributed by atoms with E-state index in [1.165, 1.54) is 0 Å². The number of rotatable bonds is 3. The molecule has 0 fully saturated rings. The van der Waals surface area contributed by atoms with Gasteiger partial charge in [0, 0.05) is 28.5 Å². The van der Waals surface area contributed by atoms with Gasteiger partial charge in [-0.25, -0.2) is 0 Å². The molecule has 0 radical (unpaired) electrons. The zero-order chi connectivity index (χ0) is 16.7. The van der Waals surface area contributed by atoms with E-state index in [2.05, 4.69) is 11.9 Å². The van der Waals surface area contributed by atoms with Gasteiger partial charge in [-0.2, -0.15) is 5.10 Å². The first kappa shape index (κ1) is 15.8. The minimum Gasteiger partial charge on any atom is -0.469 e. The lowest BCUT2D eigenvalue weighted by molar-refractivity contribution is -0.0223. The molecule has 5 heteroatoms. The van der Waals surface area contributed by atoms with Gasteiger partial charge in [0.25, 0.3) is 0 Å². The quantitative estimate of drug-likeness (QED) is 0.704. The minimum atomic E-state index is -0.0292. The molecule has 124 valence electrons. The molecule has 2 aliphatic heterocycles. The Balaban J connectivity index is 1.72. The van der Waals surface area contributed by atoms with Crippen molar-refractivity contribution in [3.63, 3.8) is 0 Å². The molecule has 0 aliphatic carbocycles. The third-order valence-corrected chi connectivity index (χ3v) is 5.03. The molecule has 2 atom stereocenters. The molecule has 2 aromatic carbocycles. The number of ether oxygens (including phenoxy) is 1. The molecule has 2 aromatic rings. The van der Waals surface area contributed by atoms with Gasteiger partial charge in [-0.15, -0.1) is 0 Å². The molecule has 0 saturated carbocycles. The van der Waals surface area contributed by atoms with Crippen molar-refractivity contribution in [3.8, 4) is 5.75 Å². The molecular formula is C19H18Cl2N2O. The second-order valence-corrected chi connectivity index (χ2v) is 7.07. The molecule has 0 saturated heterocycles. The Bertz CT molecular complexity index is 788. The second kappa shape index (κ2) is 6.30. The summed E-state index contributed by atoms with van der Waals surface area (Å²) in [6.07, 6.45) is 2.80. The van der Waals surface area contributed by atoms with Gasteiger partial charge >= 0.3 is 0 Å². The Labute approximate surface area is 151 Å². The summed E-state index contributed by atoms with van der Waals surface area (Å²) in [4.78, 5) is 0. The number of hydrogen-bond donors (Lipinski definition) is 0. The summed E-state index contributed by atoms with van der Waals surface area (Å²) in [7, 11) is 0. The predicted molar refractivity (Wildman–Crippen MR) is 98.0 cm³/mol. The van der Waals surface area contributed by atoms with Gasteiger partial charge in [-0.3, -0.25) is 5.01 Å². The lowest BCUT2D eigenvalue weighted by Gasteiger charge is -2.38. The Morgan fingerprint density at radius 1 is 1.12 bits per heavy atom. The zero-order valence-electron chi connectivity index (χ0n) is 13.4. The van der Waals surface area contributed by atoms with Gasteiger partial charge in [-0.1, -0.05) is 48.7 Å². The summed E-state index contributed by atoms with van der Waals surface area (Å²) in [6, 6.07) is 13.9. The molecule has 24 heavy (non-hydrogen) atoms. The summed E-state index contributed by atoms with van der Waals surface area (Å²) in [5.41, 5.74) is 3.28. The highest BCUT2D eigenvalue weighted by Crippen LogP contribution is 2.44. The third kappa shape index (κ3) is 2.76. The van der Waals surface area contributed by atoms with Crippen LogP contribution in [0.25, 0.3) is 0 Å². The van der Waals surface area contributed by atoms with Crippen LogP contribution in [0, 0.1) is 0 Å². The fourth-order valence-electron chi connectivity index (χ4n) is 3.39. The molecule has 0 unspecified atom stereocenters. The van der Waals surface area contributed by atoms with E-state index in [1.54, 1.807) is 0 Å². The Morgan fingerprint density at radius 2 is 1.88 bits per heavy atom. The molecule has 2 aliphatic rings. The molecule has 4 rings (SSSR count). The number of nitrogens with zero attached hydrogens (tertiary/aromatic N) is 2. The summed E-state index contributed by atoms with van der Waals surface area (Å²) >= 11 is 12.2. The average Bonchev–Trinajstić information content (AvgIpc) is 3.02. The molecule has 0 N–H and O–H groups in total. The second-order valence-electron chi connectivity index (χ2n) is 6.20. The highest BCUT2D eigenvalue weighted by Gasteiger charge is 2.39. The largest absolute Gasteiger partial charge is 0.469 e. The van der Waals surface area contributed by atoms with Crippen LogP contribution in [0.4, 0.5) is 0 Å². The van der Waals surface area contributed by atoms with Gasteiger partial charge in [0.15, 0.2) is 6.23 Å². The van der Waals surface area contributed by atoms with E-state index < -0.39 is 0 Å². The number of hydrogen-bond acceptors (Lipinski definition) is 3. The Hall–Kier alpha value is -1.71. The normalized spacial score (nSPS) is 21.8. The van der Waals surface area contributed by atoms with Gasteiger partial charge in [0.2, 0.25) is 0 Å². The Morgan fingerprint density at radius 3 is 2.62 bits per heavy atom. The highest BCUT2D eigenvalue weighted by atomic mass is 35.5. The third-order valence-electron chi connectivity index (χ3n) is 4.54. The van der Waals surface area contributed by atoms with Gasteiger partial charge in [-0.05, 0) is 35.9 Å². The molecule has 2 heterocycles. The minimum absolute atomic E-state index is 0.0292. The molecule has 0 bridgehead atoms. The van der Waals surface area contributed by atoms with Crippen LogP contribution in [0.1, 0.15) is 43.4 Å². The van der Waals surface area contributed by atoms with Crippen LogP contribution in [0.3, 0.4) is 0 Å². The van der Waals surface area contributed by atoms with Crippen molar-refractivity contribution in [1.29, 1.82) is 0 Å². The standard InChI is InChI=1S/C19H18Cl2N2O/c1-2-3-19-23-17(15-10-14(21)8-9-18(15)24-19)11-16(22-23)12-4-6-13(20)7-5-12/h4-10,17,19H,2-3,11H2,1H3/t17-,19-/m1/s1. The van der Waals surface area contributed by atoms with Crippen LogP contribution in [0.2, 0.25) is 10.0 Å². The van der Waals surface area contributed by atoms with E-state index in [-0.39, 0.29) is 12.3 Å². The number of fused-ring (bicyclic) bond motifs is 3. The zero-order valence-corrected chi connectivity index (χ0v) is 14.9. The van der Waals surface area contributed by atoms with E-state index in [4.69, 9.17) is 33.0 Å². The monoisotopic (exact) mass is 360 g/mol. The number of hydrazone groups is 1. The van der Waals surface area contributed by atoms with E-state index in [1.807, 2.05) is 42.5 Å². The van der Waals surface area contributed by atoms with E-state index in [0.29, 0.717) is 0 Å². The van der Waals surface area contributed by atoms with Crippen LogP contribution in [0.5, 0.6) is 5.75 Å². The van der Waals surface area contributed by atoms with Crippen LogP contribution in [-0.2, 0) is 0 Å². The first-order valence-electron chi connectivity index (χ1n) is 8.23. The Kier molecular flexibility index (Phi) is 4.15. The van der Waals surface area contributed by atoms with Crippen molar-refractivity contribution in [1.82, 2.24) is 5.01 Å². The molecular weight excluding hydrogens is 343 g/mol. The van der Waals surface area contributed by atoms with Crippen LogP contribution in [0.15, 0.2) is 47.6 Å². The highest BCUT2D eigenvalue weighted by molar-refractivity contribution is 6.31. The van der Waals surface area contributed by atoms with E-state index >= 15 is 0 Å². The van der Waals surface area contributed by atoms with Crippen molar-refractivity contribution in [2.45, 2.75) is 38.5 Å². The van der Waals surface area contributed by atoms with Crippen LogP contribution >= 0.6 is 23.2 Å². The summed E-state index contributed by atoms with van der Waals surface area (Å²) in [5.74, 6) is 0.923. The lowest BCUT2D eigenvalue weighted by atomic mass is 9.96. The summed E-state index contributed by atoms with van der Waals surface area (Å²) in [6.45, 7) is 2.16. The molecule has 0 aromatic heterocycles. The van der Waals surface area contributed by atoms with Gasteiger partial charge < -0.3 is 4.74 Å². The van der Waals surface area contributed by atoms with E-state index in [9.17, 15) is 0 Å². The van der Waals surface area contributed by atoms with Crippen LogP contribution in [-0.4, -0.2) is 16.9 Å². The first-order valence-corrected chi connectivity index (χ1v) is 8.99. The van der Waals surface area contributed by atoms with E-state index in [0.717, 1.165) is 51.9 Å². The molecule has 0 spiro atoms. The van der Waals surface area contributed by atoms with Gasteiger partial charge in [0.1, 0.15) is 5.75 Å². The fourth-order valence-corrected chi connectivity index (χ4v) is 3.69. The SMILES string of the molecule is CCC[C@H]1Oc2ccc(Cl)cc2[C@H]2CC(c3ccc(Cl)cc3)=NN21. The maximum atomic E-state index is 6.21. The van der Waals surface area contributed by atoms with Crippen molar-refractivity contribution >= 4 is 28.9 Å². The van der Waals surface area contributed by atoms with Gasteiger partial charge in [0.05, 0.1) is 11.8 Å². The predicted octanol–water partition coefficient (Wildman–Crippen LogP) is 5.66. The fraction of sp³-hybridized carbons (Fsp3) is 0.316. The first-order chi connectivity index (χ1) is 11.7. The smallest absolute Gasteiger partial charge is 0.187 e. The average molecular weight is 361 g/mol. The summed E-state index contributed by atoms with van der Waals surface area (Å²) < 4.78 is 6.18. The lowest BCUT2D eigenvalue weighted by Crippen LogP contribution is -2.40. The van der Waals surface area contributed by atoms with Crippen molar-refractivity contribution in [3.05, 3.63) is 63.6 Å². The maximum Gasteiger partial charge on any atom is 0.187 e. The summed E-state index contributed by atoms with van der Waals surface area (Å²) in [5, 5.41) is 8.44. The number of halogens is 2. The number of benzene rings is 2. The maximum absolute atomic E-state index is 6.21. The molecule has 0 amide bonds. The van der Waals surface area contributed by atoms with Crippen LogP contribution < -0.4 is 4.74 Å². The van der Waals surface area contributed by atoms with Crippen molar-refractivity contribution < 1.29 is 4.74 Å². The van der Waals surface area contributed by atoms with Crippen molar-refractivity contribution in [2.24, 2.45) is 5.10 Å². The van der Waals surface area contributed by atoms with Crippen molar-refractivity contribution in [2.75, 3.05) is 0 Å². The topological polar surface area (TPSA) is 24.8 Å².